The molecule has 0 radical (unpaired) electrons. The third-order valence-electron chi connectivity index (χ3n) is 1.62. The molecule has 0 unspecified atom stereocenters. The highest BCUT2D eigenvalue weighted by Crippen LogP contribution is 2.20. The molecule has 0 amide bonds. The monoisotopic (exact) mass is 210 g/mol. The van der Waals surface area contributed by atoms with Crippen LogP contribution in [-0.4, -0.2) is 30.8 Å². The number of nitrogens with zero attached hydrogens (tertiary/aromatic N) is 4. The van der Waals surface area contributed by atoms with Gasteiger partial charge in [-0.15, -0.1) is 10.2 Å². The van der Waals surface area contributed by atoms with E-state index in [1.54, 1.807) is 11.5 Å². The largest absolute Gasteiger partial charge is 0.477 e. The van der Waals surface area contributed by atoms with E-state index in [9.17, 15) is 4.79 Å². The lowest BCUT2D eigenvalue weighted by Crippen LogP contribution is -1.94. The summed E-state index contributed by atoms with van der Waals surface area (Å²) in [6.45, 7) is 1.66. The van der Waals surface area contributed by atoms with E-state index in [0.29, 0.717) is 10.8 Å². The van der Waals surface area contributed by atoms with E-state index in [1.807, 2.05) is 0 Å². The second-order valence-electron chi connectivity index (χ2n) is 2.59. The molecule has 7 heteroatoms. The lowest BCUT2D eigenvalue weighted by molar-refractivity contribution is 0.0701. The average Bonchev–Trinajstić information content (AvgIpc) is 2.70. The maximum atomic E-state index is 10.7. The number of thiazole rings is 1. The summed E-state index contributed by atoms with van der Waals surface area (Å²) in [6, 6.07) is 0. The van der Waals surface area contributed by atoms with E-state index in [-0.39, 0.29) is 4.88 Å². The molecule has 0 saturated heterocycles. The minimum Gasteiger partial charge on any atom is -0.477 e. The number of carboxylic acids is 1. The molecule has 14 heavy (non-hydrogen) atoms. The Morgan fingerprint density at radius 1 is 1.50 bits per heavy atom. The van der Waals surface area contributed by atoms with Crippen LogP contribution in [-0.2, 0) is 0 Å². The van der Waals surface area contributed by atoms with Crippen LogP contribution in [0.3, 0.4) is 0 Å². The molecule has 2 heterocycles. The first kappa shape index (κ1) is 8.82. The summed E-state index contributed by atoms with van der Waals surface area (Å²) in [6.07, 6.45) is 2.95. The lowest BCUT2D eigenvalue weighted by Gasteiger charge is -1.89. The van der Waals surface area contributed by atoms with E-state index >= 15 is 0 Å². The maximum absolute atomic E-state index is 10.7. The van der Waals surface area contributed by atoms with Crippen molar-refractivity contribution >= 4 is 17.3 Å². The highest BCUT2D eigenvalue weighted by Gasteiger charge is 2.14. The van der Waals surface area contributed by atoms with Gasteiger partial charge in [-0.1, -0.05) is 11.3 Å². The molecule has 72 valence electrons. The number of hydrogen-bond donors (Lipinski definition) is 1. The van der Waals surface area contributed by atoms with Crippen molar-refractivity contribution in [2.24, 2.45) is 0 Å². The van der Waals surface area contributed by atoms with Gasteiger partial charge in [0.1, 0.15) is 17.5 Å². The van der Waals surface area contributed by atoms with Crippen molar-refractivity contribution in [1.82, 2.24) is 19.7 Å². The first-order valence-electron chi connectivity index (χ1n) is 3.74. The Morgan fingerprint density at radius 3 is 2.64 bits per heavy atom. The van der Waals surface area contributed by atoms with Crippen molar-refractivity contribution in [2.45, 2.75) is 6.92 Å². The molecule has 0 fully saturated rings. The van der Waals surface area contributed by atoms with E-state index in [1.165, 1.54) is 12.7 Å². The molecule has 0 bridgehead atoms. The van der Waals surface area contributed by atoms with Crippen molar-refractivity contribution in [3.8, 4) is 5.13 Å². The highest BCUT2D eigenvalue weighted by atomic mass is 32.1. The minimum atomic E-state index is -0.959. The Labute approximate surface area is 82.9 Å². The summed E-state index contributed by atoms with van der Waals surface area (Å²) in [4.78, 5) is 15.1. The molecular formula is C7H6N4O2S. The molecule has 0 aliphatic carbocycles. The van der Waals surface area contributed by atoms with Crippen LogP contribution in [0.4, 0.5) is 0 Å². The van der Waals surface area contributed by atoms with Crippen LogP contribution in [0.25, 0.3) is 5.13 Å². The Bertz CT molecular complexity index is 462. The molecule has 0 spiro atoms. The third-order valence-corrected chi connectivity index (χ3v) is 2.78. The third kappa shape index (κ3) is 1.37. The number of hydrogen-bond acceptors (Lipinski definition) is 5. The number of aryl methyl sites for hydroxylation is 1. The van der Waals surface area contributed by atoms with Crippen LogP contribution in [0.2, 0.25) is 0 Å². The average molecular weight is 210 g/mol. The van der Waals surface area contributed by atoms with Crippen molar-refractivity contribution < 1.29 is 9.90 Å². The zero-order valence-electron chi connectivity index (χ0n) is 7.21. The Balaban J connectivity index is 2.48. The Kier molecular flexibility index (Phi) is 2.01. The molecule has 0 aromatic carbocycles. The number of aromatic carboxylic acids is 1. The van der Waals surface area contributed by atoms with Crippen LogP contribution >= 0.6 is 11.3 Å². The van der Waals surface area contributed by atoms with Crippen LogP contribution in [0, 0.1) is 6.92 Å². The fourth-order valence-corrected chi connectivity index (χ4v) is 1.84. The normalized spacial score (nSPS) is 10.4. The molecule has 2 aromatic heterocycles. The minimum absolute atomic E-state index is 0.244. The van der Waals surface area contributed by atoms with Gasteiger partial charge in [0, 0.05) is 0 Å². The Hall–Kier alpha value is -1.76. The topological polar surface area (TPSA) is 80.9 Å². The van der Waals surface area contributed by atoms with Crippen LogP contribution < -0.4 is 0 Å². The van der Waals surface area contributed by atoms with Gasteiger partial charge in [0.25, 0.3) is 0 Å². The van der Waals surface area contributed by atoms with Crippen molar-refractivity contribution in [3.63, 3.8) is 0 Å². The van der Waals surface area contributed by atoms with Crippen molar-refractivity contribution in [3.05, 3.63) is 23.2 Å². The molecule has 2 aromatic rings. The van der Waals surface area contributed by atoms with Gasteiger partial charge in [0.05, 0.1) is 5.69 Å². The van der Waals surface area contributed by atoms with Gasteiger partial charge in [-0.25, -0.2) is 9.78 Å². The number of rotatable bonds is 2. The van der Waals surface area contributed by atoms with Gasteiger partial charge in [-0.2, -0.15) is 0 Å². The fourth-order valence-electron chi connectivity index (χ4n) is 0.991. The maximum Gasteiger partial charge on any atom is 0.347 e. The van der Waals surface area contributed by atoms with E-state index in [2.05, 4.69) is 15.2 Å². The summed E-state index contributed by atoms with van der Waals surface area (Å²) in [7, 11) is 0. The zero-order valence-corrected chi connectivity index (χ0v) is 8.02. The lowest BCUT2D eigenvalue weighted by atomic mass is 10.4. The van der Waals surface area contributed by atoms with Crippen LogP contribution in [0.1, 0.15) is 15.4 Å². The standard InChI is InChI=1S/C7H6N4O2S/c1-4-5(6(12)13)14-7(10-4)11-2-8-9-3-11/h2-3H,1H3,(H,12,13). The smallest absolute Gasteiger partial charge is 0.347 e. The fraction of sp³-hybridized carbons (Fsp3) is 0.143. The SMILES string of the molecule is Cc1nc(-n2cnnc2)sc1C(=O)O. The number of carbonyl (C=O) groups is 1. The van der Waals surface area contributed by atoms with E-state index in [4.69, 9.17) is 5.11 Å². The van der Waals surface area contributed by atoms with Gasteiger partial charge in [0.2, 0.25) is 0 Å². The predicted octanol–water partition coefficient (Wildman–Crippen LogP) is 0.730. The Morgan fingerprint density at radius 2 is 2.14 bits per heavy atom. The summed E-state index contributed by atoms with van der Waals surface area (Å²) < 4.78 is 1.57. The number of carboxylic acid groups (broad SMARTS) is 1. The van der Waals surface area contributed by atoms with Gasteiger partial charge < -0.3 is 5.11 Å². The van der Waals surface area contributed by atoms with Crippen LogP contribution in [0.5, 0.6) is 0 Å². The first-order valence-corrected chi connectivity index (χ1v) is 4.56. The zero-order chi connectivity index (χ0) is 10.1. The molecular weight excluding hydrogens is 204 g/mol. The summed E-state index contributed by atoms with van der Waals surface area (Å²) in [5.74, 6) is -0.959. The number of aromatic nitrogens is 4. The first-order chi connectivity index (χ1) is 6.68. The molecule has 0 aliphatic rings. The van der Waals surface area contributed by atoms with Crippen molar-refractivity contribution in [1.29, 1.82) is 0 Å². The molecule has 0 aliphatic heterocycles. The van der Waals surface area contributed by atoms with Gasteiger partial charge >= 0.3 is 5.97 Å². The van der Waals surface area contributed by atoms with Gasteiger partial charge in [0.15, 0.2) is 5.13 Å². The van der Waals surface area contributed by atoms with Gasteiger partial charge in [-0.05, 0) is 6.92 Å². The highest BCUT2D eigenvalue weighted by molar-refractivity contribution is 7.16. The van der Waals surface area contributed by atoms with Gasteiger partial charge in [-0.3, -0.25) is 4.57 Å². The van der Waals surface area contributed by atoms with Crippen LogP contribution in [0.15, 0.2) is 12.7 Å². The summed E-state index contributed by atoms with van der Waals surface area (Å²) in [5.41, 5.74) is 0.506. The molecule has 0 atom stereocenters. The molecule has 2 rings (SSSR count). The summed E-state index contributed by atoms with van der Waals surface area (Å²) in [5, 5.41) is 16.6. The second-order valence-corrected chi connectivity index (χ2v) is 3.56. The van der Waals surface area contributed by atoms with Crippen molar-refractivity contribution in [2.75, 3.05) is 0 Å². The predicted molar refractivity (Wildman–Crippen MR) is 48.7 cm³/mol. The molecule has 1 N–H and O–H groups in total. The quantitative estimate of drug-likeness (QED) is 0.790. The van der Waals surface area contributed by atoms with E-state index < -0.39 is 5.97 Å². The second kappa shape index (κ2) is 3.18. The molecule has 0 saturated carbocycles. The van der Waals surface area contributed by atoms with E-state index in [0.717, 1.165) is 11.3 Å². The summed E-state index contributed by atoms with van der Waals surface area (Å²) >= 11 is 1.10. The molecule has 6 nitrogen and oxygen atoms in total.